The number of carbonyl (C=O) groups is 1. The van der Waals surface area contributed by atoms with Crippen molar-refractivity contribution >= 4 is 28.9 Å². The Kier molecular flexibility index (Phi) is 5.28. The molecular weight excluding hydrogens is 300 g/mol. The first-order valence-electron chi connectivity index (χ1n) is 6.94. The largest absolute Gasteiger partial charge is 0.494 e. The smallest absolute Gasteiger partial charge is 0.221 e. The van der Waals surface area contributed by atoms with Gasteiger partial charge in [0.05, 0.1) is 12.8 Å². The molecule has 5 heteroatoms. The van der Waals surface area contributed by atoms with Gasteiger partial charge in [-0.15, -0.1) is 0 Å². The molecule has 1 amide bonds. The average molecular weight is 319 g/mol. The number of hydrogen-bond acceptors (Lipinski definition) is 3. The first-order valence-corrected chi connectivity index (χ1v) is 7.32. The van der Waals surface area contributed by atoms with Gasteiger partial charge in [-0.2, -0.15) is 0 Å². The van der Waals surface area contributed by atoms with Gasteiger partial charge >= 0.3 is 0 Å². The molecule has 4 nitrogen and oxygen atoms in total. The maximum atomic E-state index is 11.1. The summed E-state index contributed by atoms with van der Waals surface area (Å²) in [7, 11) is 1.57. The van der Waals surface area contributed by atoms with Crippen LogP contribution in [0.25, 0.3) is 0 Å². The molecule has 0 atom stereocenters. The standard InChI is InChI=1S/C17H19ClN2O2/c1-11-4-5-13(8-15(11)18)10-19-14-6-7-16(20-12(2)21)17(9-14)22-3/h4-9,19H,10H2,1-3H3,(H,20,21). The lowest BCUT2D eigenvalue weighted by atomic mass is 10.1. The van der Waals surface area contributed by atoms with Crippen molar-refractivity contribution in [3.63, 3.8) is 0 Å². The molecule has 0 aliphatic heterocycles. The van der Waals surface area contributed by atoms with Crippen molar-refractivity contribution in [2.75, 3.05) is 17.7 Å². The summed E-state index contributed by atoms with van der Waals surface area (Å²) < 4.78 is 5.30. The van der Waals surface area contributed by atoms with Gasteiger partial charge in [0.2, 0.25) is 5.91 Å². The highest BCUT2D eigenvalue weighted by Crippen LogP contribution is 2.28. The molecule has 0 spiro atoms. The molecule has 2 aromatic rings. The van der Waals surface area contributed by atoms with Gasteiger partial charge in [-0.05, 0) is 36.2 Å². The lowest BCUT2D eigenvalue weighted by molar-refractivity contribution is -0.114. The Labute approximate surface area is 135 Å². The molecule has 2 N–H and O–H groups in total. The van der Waals surface area contributed by atoms with Gasteiger partial charge in [-0.3, -0.25) is 4.79 Å². The fraction of sp³-hybridized carbons (Fsp3) is 0.235. The molecule has 2 rings (SSSR count). The summed E-state index contributed by atoms with van der Waals surface area (Å²) in [6.45, 7) is 4.10. The van der Waals surface area contributed by atoms with E-state index in [1.165, 1.54) is 6.92 Å². The van der Waals surface area contributed by atoms with Crippen LogP contribution in [0.3, 0.4) is 0 Å². The third kappa shape index (κ3) is 4.15. The molecule has 2 aromatic carbocycles. The van der Waals surface area contributed by atoms with Crippen LogP contribution in [-0.4, -0.2) is 13.0 Å². The van der Waals surface area contributed by atoms with E-state index in [1.807, 2.05) is 43.3 Å². The number of ether oxygens (including phenoxy) is 1. The van der Waals surface area contributed by atoms with Gasteiger partial charge in [0, 0.05) is 30.2 Å². The van der Waals surface area contributed by atoms with Crippen molar-refractivity contribution < 1.29 is 9.53 Å². The number of carbonyl (C=O) groups excluding carboxylic acids is 1. The van der Waals surface area contributed by atoms with E-state index in [4.69, 9.17) is 16.3 Å². The number of rotatable bonds is 5. The van der Waals surface area contributed by atoms with Crippen molar-refractivity contribution in [2.45, 2.75) is 20.4 Å². The van der Waals surface area contributed by atoms with Gasteiger partial charge < -0.3 is 15.4 Å². The van der Waals surface area contributed by atoms with E-state index in [9.17, 15) is 4.79 Å². The zero-order valence-corrected chi connectivity index (χ0v) is 13.6. The maximum Gasteiger partial charge on any atom is 0.221 e. The van der Waals surface area contributed by atoms with E-state index in [1.54, 1.807) is 7.11 Å². The Morgan fingerprint density at radius 1 is 1.23 bits per heavy atom. The second-order valence-corrected chi connectivity index (χ2v) is 5.44. The predicted octanol–water partition coefficient (Wildman–Crippen LogP) is 4.23. The summed E-state index contributed by atoms with van der Waals surface area (Å²) in [6, 6.07) is 11.5. The third-order valence-corrected chi connectivity index (χ3v) is 3.65. The molecule has 22 heavy (non-hydrogen) atoms. The third-order valence-electron chi connectivity index (χ3n) is 3.25. The minimum Gasteiger partial charge on any atom is -0.494 e. The van der Waals surface area contributed by atoms with E-state index in [2.05, 4.69) is 10.6 Å². The lowest BCUT2D eigenvalue weighted by Crippen LogP contribution is -2.07. The Hall–Kier alpha value is -2.20. The Bertz CT molecular complexity index is 686. The summed E-state index contributed by atoms with van der Waals surface area (Å²) in [6.07, 6.45) is 0. The van der Waals surface area contributed by atoms with Crippen LogP contribution in [0.1, 0.15) is 18.1 Å². The van der Waals surface area contributed by atoms with Crippen LogP contribution in [0.4, 0.5) is 11.4 Å². The average Bonchev–Trinajstić information content (AvgIpc) is 2.49. The lowest BCUT2D eigenvalue weighted by Gasteiger charge is -2.13. The maximum absolute atomic E-state index is 11.1. The summed E-state index contributed by atoms with van der Waals surface area (Å²) in [5, 5.41) is 6.80. The van der Waals surface area contributed by atoms with Crippen molar-refractivity contribution in [3.05, 3.63) is 52.5 Å². The zero-order valence-electron chi connectivity index (χ0n) is 12.9. The van der Waals surface area contributed by atoms with Crippen molar-refractivity contribution in [3.8, 4) is 5.75 Å². The Morgan fingerprint density at radius 2 is 2.00 bits per heavy atom. The number of halogens is 1. The summed E-state index contributed by atoms with van der Waals surface area (Å²) in [5.74, 6) is 0.482. The van der Waals surface area contributed by atoms with Crippen LogP contribution in [0.5, 0.6) is 5.75 Å². The topological polar surface area (TPSA) is 50.4 Å². The second-order valence-electron chi connectivity index (χ2n) is 5.03. The van der Waals surface area contributed by atoms with Gasteiger partial charge in [-0.25, -0.2) is 0 Å². The molecule has 0 heterocycles. The summed E-state index contributed by atoms with van der Waals surface area (Å²) in [5.41, 5.74) is 3.72. The van der Waals surface area contributed by atoms with Crippen molar-refractivity contribution in [1.82, 2.24) is 0 Å². The number of benzene rings is 2. The number of hydrogen-bond donors (Lipinski definition) is 2. The number of methoxy groups -OCH3 is 1. The minimum absolute atomic E-state index is 0.131. The van der Waals surface area contributed by atoms with Gasteiger partial charge in [0.15, 0.2) is 0 Å². The fourth-order valence-electron chi connectivity index (χ4n) is 2.04. The molecule has 0 fully saturated rings. The molecule has 0 unspecified atom stereocenters. The second kappa shape index (κ2) is 7.18. The first-order chi connectivity index (χ1) is 10.5. The molecule has 116 valence electrons. The number of amides is 1. The van der Waals surface area contributed by atoms with E-state index in [-0.39, 0.29) is 5.91 Å². The van der Waals surface area contributed by atoms with Crippen LogP contribution in [-0.2, 0) is 11.3 Å². The van der Waals surface area contributed by atoms with Crippen LogP contribution in [0.15, 0.2) is 36.4 Å². The highest BCUT2D eigenvalue weighted by atomic mass is 35.5. The molecule has 0 saturated carbocycles. The fourth-order valence-corrected chi connectivity index (χ4v) is 2.25. The highest BCUT2D eigenvalue weighted by Gasteiger charge is 2.06. The summed E-state index contributed by atoms with van der Waals surface area (Å²) in [4.78, 5) is 11.1. The van der Waals surface area contributed by atoms with E-state index < -0.39 is 0 Å². The molecule has 0 saturated heterocycles. The molecule has 0 bridgehead atoms. The first kappa shape index (κ1) is 16.2. The number of nitrogens with one attached hydrogen (secondary N) is 2. The van der Waals surface area contributed by atoms with E-state index >= 15 is 0 Å². The quantitative estimate of drug-likeness (QED) is 0.867. The minimum atomic E-state index is -0.131. The number of aryl methyl sites for hydroxylation is 1. The summed E-state index contributed by atoms with van der Waals surface area (Å²) >= 11 is 6.12. The molecular formula is C17H19ClN2O2. The van der Waals surface area contributed by atoms with Gasteiger partial charge in [0.25, 0.3) is 0 Å². The molecule has 0 aliphatic carbocycles. The Balaban J connectivity index is 2.09. The van der Waals surface area contributed by atoms with Crippen LogP contribution in [0, 0.1) is 6.92 Å². The normalized spacial score (nSPS) is 10.2. The molecule has 0 aromatic heterocycles. The van der Waals surface area contributed by atoms with Gasteiger partial charge in [0.1, 0.15) is 5.75 Å². The predicted molar refractivity (Wildman–Crippen MR) is 90.8 cm³/mol. The van der Waals surface area contributed by atoms with E-state index in [0.717, 1.165) is 21.8 Å². The van der Waals surface area contributed by atoms with Crippen LogP contribution < -0.4 is 15.4 Å². The zero-order chi connectivity index (χ0) is 16.1. The van der Waals surface area contributed by atoms with Crippen LogP contribution in [0.2, 0.25) is 5.02 Å². The molecule has 0 radical (unpaired) electrons. The molecule has 0 aliphatic rings. The SMILES string of the molecule is COc1cc(NCc2ccc(C)c(Cl)c2)ccc1NC(C)=O. The number of anilines is 2. The van der Waals surface area contributed by atoms with E-state index in [0.29, 0.717) is 18.0 Å². The van der Waals surface area contributed by atoms with Crippen LogP contribution >= 0.6 is 11.6 Å². The Morgan fingerprint density at radius 3 is 2.64 bits per heavy atom. The van der Waals surface area contributed by atoms with Crippen molar-refractivity contribution in [2.24, 2.45) is 0 Å². The van der Waals surface area contributed by atoms with Crippen molar-refractivity contribution in [1.29, 1.82) is 0 Å². The van der Waals surface area contributed by atoms with Gasteiger partial charge in [-0.1, -0.05) is 23.7 Å². The highest BCUT2D eigenvalue weighted by molar-refractivity contribution is 6.31. The monoisotopic (exact) mass is 318 g/mol.